The number of amides is 1. The fraction of sp³-hybridized carbons (Fsp3) is 0.360. The molecule has 0 radical (unpaired) electrons. The van der Waals surface area contributed by atoms with Crippen molar-refractivity contribution in [1.29, 1.82) is 0 Å². The van der Waals surface area contributed by atoms with Crippen LogP contribution in [0.4, 0.5) is 0 Å². The maximum Gasteiger partial charge on any atom is 0.290 e. The lowest BCUT2D eigenvalue weighted by molar-refractivity contribution is 0.0353. The monoisotopic (exact) mass is 496 g/mol. The van der Waals surface area contributed by atoms with Gasteiger partial charge in [0.05, 0.1) is 30.2 Å². The first-order chi connectivity index (χ1) is 15.5. The molecule has 1 aromatic heterocycles. The average molecular weight is 497 g/mol. The highest BCUT2D eigenvalue weighted by Gasteiger charge is 2.42. The maximum atomic E-state index is 13.6. The van der Waals surface area contributed by atoms with E-state index in [1.165, 1.54) is 0 Å². The number of fused-ring (bicyclic) bond motifs is 2. The summed E-state index contributed by atoms with van der Waals surface area (Å²) in [5.74, 6) is -0.0451. The Hall–Kier alpha value is -2.48. The van der Waals surface area contributed by atoms with Gasteiger partial charge in [0.15, 0.2) is 5.43 Å². The summed E-state index contributed by atoms with van der Waals surface area (Å²) in [7, 11) is 0. The Kier molecular flexibility index (Phi) is 5.88. The first kappa shape index (κ1) is 21.4. The third-order valence-corrected chi connectivity index (χ3v) is 6.79. The molecule has 2 aromatic carbocycles. The van der Waals surface area contributed by atoms with Gasteiger partial charge in [0.25, 0.3) is 5.91 Å². The third kappa shape index (κ3) is 3.89. The summed E-state index contributed by atoms with van der Waals surface area (Å²) in [6.07, 6.45) is 0.821. The highest BCUT2D eigenvalue weighted by molar-refractivity contribution is 9.10. The number of hydrogen-bond acceptors (Lipinski definition) is 5. The number of hydrogen-bond donors (Lipinski definition) is 0. The lowest BCUT2D eigenvalue weighted by Gasteiger charge is -2.29. The van der Waals surface area contributed by atoms with Crippen LogP contribution < -0.4 is 5.43 Å². The number of rotatable bonds is 5. The van der Waals surface area contributed by atoms with E-state index in [0.29, 0.717) is 23.1 Å². The fourth-order valence-corrected chi connectivity index (χ4v) is 4.97. The zero-order chi connectivity index (χ0) is 22.2. The second kappa shape index (κ2) is 8.81. The molecule has 1 amide bonds. The summed E-state index contributed by atoms with van der Waals surface area (Å²) in [6, 6.07) is 12.9. The Morgan fingerprint density at radius 3 is 2.53 bits per heavy atom. The Labute approximate surface area is 194 Å². The van der Waals surface area contributed by atoms with Crippen molar-refractivity contribution >= 4 is 32.8 Å². The summed E-state index contributed by atoms with van der Waals surface area (Å²) < 4.78 is 12.2. The van der Waals surface area contributed by atoms with Crippen molar-refractivity contribution in [3.05, 3.63) is 79.6 Å². The predicted molar refractivity (Wildman–Crippen MR) is 126 cm³/mol. The van der Waals surface area contributed by atoms with E-state index < -0.39 is 6.04 Å². The van der Waals surface area contributed by atoms with Gasteiger partial charge in [-0.1, -0.05) is 45.8 Å². The predicted octanol–water partition coefficient (Wildman–Crippen LogP) is 4.13. The van der Waals surface area contributed by atoms with Crippen molar-refractivity contribution in [2.24, 2.45) is 0 Å². The van der Waals surface area contributed by atoms with E-state index in [0.717, 1.165) is 54.9 Å². The zero-order valence-electron chi connectivity index (χ0n) is 18.0. The number of halogens is 1. The molecule has 0 spiro atoms. The molecule has 32 heavy (non-hydrogen) atoms. The summed E-state index contributed by atoms with van der Waals surface area (Å²) >= 11 is 3.44. The van der Waals surface area contributed by atoms with Crippen LogP contribution in [-0.2, 0) is 4.74 Å². The van der Waals surface area contributed by atoms with Gasteiger partial charge in [-0.3, -0.25) is 14.5 Å². The van der Waals surface area contributed by atoms with Gasteiger partial charge < -0.3 is 14.1 Å². The molecule has 3 aromatic rings. The second-order valence-corrected chi connectivity index (χ2v) is 9.35. The number of morpholine rings is 1. The van der Waals surface area contributed by atoms with Crippen LogP contribution in [0.2, 0.25) is 0 Å². The zero-order valence-corrected chi connectivity index (χ0v) is 19.6. The number of carbonyl (C=O) groups excluding carboxylic acids is 1. The molecule has 0 saturated carbocycles. The van der Waals surface area contributed by atoms with Crippen LogP contribution in [-0.4, -0.2) is 55.1 Å². The van der Waals surface area contributed by atoms with Crippen LogP contribution in [0.25, 0.3) is 11.0 Å². The molecule has 0 aliphatic carbocycles. The molecule has 1 unspecified atom stereocenters. The van der Waals surface area contributed by atoms with Crippen LogP contribution in [0.1, 0.15) is 39.7 Å². The molecule has 7 heteroatoms. The van der Waals surface area contributed by atoms with Crippen molar-refractivity contribution in [3.8, 4) is 0 Å². The number of benzene rings is 2. The molecule has 6 nitrogen and oxygen atoms in total. The number of aryl methyl sites for hydroxylation is 1. The normalized spacial score (nSPS) is 19.0. The van der Waals surface area contributed by atoms with Crippen LogP contribution in [0.3, 0.4) is 0 Å². The van der Waals surface area contributed by atoms with Gasteiger partial charge in [0.1, 0.15) is 5.58 Å². The van der Waals surface area contributed by atoms with Gasteiger partial charge in [-0.2, -0.15) is 0 Å². The van der Waals surface area contributed by atoms with Crippen LogP contribution in [0.5, 0.6) is 0 Å². The molecule has 1 atom stereocenters. The van der Waals surface area contributed by atoms with E-state index in [9.17, 15) is 9.59 Å². The van der Waals surface area contributed by atoms with E-state index in [-0.39, 0.29) is 17.1 Å². The Morgan fingerprint density at radius 2 is 1.78 bits per heavy atom. The highest BCUT2D eigenvalue weighted by Crippen LogP contribution is 2.38. The largest absolute Gasteiger partial charge is 0.450 e. The molecule has 1 saturated heterocycles. The molecule has 2 aliphatic rings. The van der Waals surface area contributed by atoms with Gasteiger partial charge in [-0.05, 0) is 37.1 Å². The lowest BCUT2D eigenvalue weighted by atomic mass is 9.97. The van der Waals surface area contributed by atoms with E-state index in [2.05, 4.69) is 20.8 Å². The minimum atomic E-state index is -0.442. The quantitative estimate of drug-likeness (QED) is 0.531. The first-order valence-electron chi connectivity index (χ1n) is 11.0. The van der Waals surface area contributed by atoms with E-state index in [1.54, 1.807) is 17.0 Å². The molecule has 0 bridgehead atoms. The van der Waals surface area contributed by atoms with E-state index >= 15 is 0 Å². The van der Waals surface area contributed by atoms with Crippen LogP contribution in [0.15, 0.2) is 56.1 Å². The molecule has 3 heterocycles. The topological polar surface area (TPSA) is 63.0 Å². The van der Waals surface area contributed by atoms with Crippen molar-refractivity contribution < 1.29 is 13.9 Å². The molecule has 0 N–H and O–H groups in total. The van der Waals surface area contributed by atoms with Crippen LogP contribution >= 0.6 is 15.9 Å². The molecule has 5 rings (SSSR count). The minimum absolute atomic E-state index is 0.142. The first-order valence-corrected chi connectivity index (χ1v) is 11.8. The van der Waals surface area contributed by atoms with Crippen molar-refractivity contribution in [2.75, 3.05) is 39.4 Å². The highest BCUT2D eigenvalue weighted by atomic mass is 79.9. The van der Waals surface area contributed by atoms with Gasteiger partial charge in [0.2, 0.25) is 5.76 Å². The van der Waals surface area contributed by atoms with Crippen molar-refractivity contribution in [3.63, 3.8) is 0 Å². The third-order valence-electron chi connectivity index (χ3n) is 6.30. The van der Waals surface area contributed by atoms with E-state index in [4.69, 9.17) is 9.15 Å². The molecule has 1 fully saturated rings. The van der Waals surface area contributed by atoms with Gasteiger partial charge in [-0.25, -0.2) is 0 Å². The number of ether oxygens (including phenoxy) is 1. The number of nitrogens with zero attached hydrogens (tertiary/aromatic N) is 2. The van der Waals surface area contributed by atoms with Gasteiger partial charge in [0, 0.05) is 30.7 Å². The molecule has 2 aliphatic heterocycles. The van der Waals surface area contributed by atoms with Crippen LogP contribution in [0, 0.1) is 6.92 Å². The Morgan fingerprint density at radius 1 is 1.03 bits per heavy atom. The standard InChI is InChI=1S/C25H25BrN2O4/c1-16-3-5-17(6-4-16)22-21-23(29)19-15-18(26)7-8-20(19)32-24(21)25(30)28(22)10-2-9-27-11-13-31-14-12-27/h3-8,15,22H,2,9-14H2,1H3. The van der Waals surface area contributed by atoms with Crippen molar-refractivity contribution in [2.45, 2.75) is 19.4 Å². The lowest BCUT2D eigenvalue weighted by Crippen LogP contribution is -2.38. The second-order valence-electron chi connectivity index (χ2n) is 8.43. The maximum absolute atomic E-state index is 13.6. The van der Waals surface area contributed by atoms with E-state index in [1.807, 2.05) is 37.3 Å². The van der Waals surface area contributed by atoms with Crippen molar-refractivity contribution in [1.82, 2.24) is 9.80 Å². The average Bonchev–Trinajstić information content (AvgIpc) is 3.08. The Bertz CT molecular complexity index is 1220. The fourth-order valence-electron chi connectivity index (χ4n) is 4.61. The van der Waals surface area contributed by atoms with Gasteiger partial charge in [-0.15, -0.1) is 0 Å². The molecular weight excluding hydrogens is 472 g/mol. The summed E-state index contributed by atoms with van der Waals surface area (Å²) in [5, 5.41) is 0.484. The molecular formula is C25H25BrN2O4. The SMILES string of the molecule is Cc1ccc(C2c3c(oc4ccc(Br)cc4c3=O)C(=O)N2CCCN2CCOCC2)cc1. The summed E-state index contributed by atoms with van der Waals surface area (Å²) in [6.45, 7) is 6.79. The summed E-state index contributed by atoms with van der Waals surface area (Å²) in [4.78, 5) is 31.2. The van der Waals surface area contributed by atoms with Gasteiger partial charge >= 0.3 is 0 Å². The molecule has 166 valence electrons. The Balaban J connectivity index is 1.53. The smallest absolute Gasteiger partial charge is 0.290 e. The summed E-state index contributed by atoms with van der Waals surface area (Å²) in [5.41, 5.74) is 2.79. The number of carbonyl (C=O) groups is 1. The minimum Gasteiger partial charge on any atom is -0.450 e.